The predicted octanol–water partition coefficient (Wildman–Crippen LogP) is 20.0. The fraction of sp³-hybridized carbons (Fsp3) is 0.833. The molecule has 0 spiro atoms. The van der Waals surface area contributed by atoms with E-state index in [1.165, 1.54) is 231 Å². The van der Waals surface area contributed by atoms with Gasteiger partial charge in [0.2, 0.25) is 5.91 Å². The first-order valence-corrected chi connectivity index (χ1v) is 33.7. The number of aliphatic hydroxyl groups is 1. The summed E-state index contributed by atoms with van der Waals surface area (Å²) in [5, 5.41) is 14.0. The smallest absolute Gasteiger partial charge is 0.387 e. The van der Waals surface area contributed by atoms with Gasteiger partial charge in [-0.15, -0.1) is 0 Å². The number of carbonyl (C=O) groups is 1. The summed E-state index contributed by atoms with van der Waals surface area (Å²) in [6.45, 7) is 4.81. The van der Waals surface area contributed by atoms with E-state index in [1.54, 1.807) is 6.08 Å². The second-order valence-corrected chi connectivity index (χ2v) is 24.6. The zero-order chi connectivity index (χ0) is 54.9. The molecule has 0 aliphatic rings. The van der Waals surface area contributed by atoms with Gasteiger partial charge in [0.1, 0.15) is 13.2 Å². The Morgan fingerprint density at radius 3 is 1.16 bits per heavy atom. The van der Waals surface area contributed by atoms with Crippen LogP contribution in [0, 0.1) is 0 Å². The Balaban J connectivity index is 4.19. The lowest BCUT2D eigenvalue weighted by Gasteiger charge is -2.25. The minimum Gasteiger partial charge on any atom is -0.387 e. The number of likely N-dealkylation sites (N-methyl/N-ethyl adjacent to an activating group) is 1. The molecule has 0 aromatic carbocycles. The van der Waals surface area contributed by atoms with Gasteiger partial charge in [0.05, 0.1) is 39.9 Å². The van der Waals surface area contributed by atoms with Gasteiger partial charge < -0.3 is 19.8 Å². The molecule has 440 valence electrons. The lowest BCUT2D eigenvalue weighted by atomic mass is 10.0. The molecule has 0 aromatic rings. The van der Waals surface area contributed by atoms with Crippen LogP contribution in [0.2, 0.25) is 0 Å². The van der Waals surface area contributed by atoms with Crippen molar-refractivity contribution in [3.8, 4) is 0 Å². The topological polar surface area (TPSA) is 105 Å². The average molecular weight is 1070 g/mol. The van der Waals surface area contributed by atoms with Gasteiger partial charge in [-0.25, -0.2) is 4.57 Å². The Labute approximate surface area is 466 Å². The van der Waals surface area contributed by atoms with E-state index in [0.717, 1.165) is 51.4 Å². The minimum atomic E-state index is -4.36. The number of aliphatic hydroxyl groups excluding tert-OH is 1. The minimum absolute atomic E-state index is 0.0539. The Morgan fingerprint density at radius 2 is 0.773 bits per heavy atom. The third-order valence-corrected chi connectivity index (χ3v) is 15.4. The fourth-order valence-corrected chi connectivity index (χ4v) is 10.2. The number of carbonyl (C=O) groups excluding carboxylic acids is 1. The summed E-state index contributed by atoms with van der Waals surface area (Å²) < 4.78 is 23.8. The van der Waals surface area contributed by atoms with Crippen LogP contribution in [-0.2, 0) is 18.4 Å². The lowest BCUT2D eigenvalue weighted by Crippen LogP contribution is -2.45. The number of phosphoric acid groups is 1. The number of hydrogen-bond donors (Lipinski definition) is 3. The first-order chi connectivity index (χ1) is 36.5. The van der Waals surface area contributed by atoms with Crippen LogP contribution in [0.5, 0.6) is 0 Å². The van der Waals surface area contributed by atoms with E-state index in [0.29, 0.717) is 17.4 Å². The van der Waals surface area contributed by atoms with Crippen molar-refractivity contribution >= 4 is 13.7 Å². The highest BCUT2D eigenvalue weighted by Crippen LogP contribution is 2.43. The first kappa shape index (κ1) is 73.2. The van der Waals surface area contributed by atoms with Crippen LogP contribution in [0.1, 0.15) is 303 Å². The monoisotopic (exact) mass is 1070 g/mol. The highest BCUT2D eigenvalue weighted by molar-refractivity contribution is 7.47. The van der Waals surface area contributed by atoms with Crippen LogP contribution in [0.15, 0.2) is 60.8 Å². The van der Waals surface area contributed by atoms with Gasteiger partial charge in [-0.05, 0) is 70.6 Å². The number of unbranched alkanes of at least 4 members (excludes halogenated alkanes) is 38. The van der Waals surface area contributed by atoms with E-state index < -0.39 is 20.0 Å². The Bertz CT molecular complexity index is 1400. The quantitative estimate of drug-likeness (QED) is 0.0243. The Kier molecular flexibility index (Phi) is 55.5. The molecule has 3 unspecified atom stereocenters. The van der Waals surface area contributed by atoms with E-state index in [4.69, 9.17) is 9.05 Å². The molecule has 3 N–H and O–H groups in total. The van der Waals surface area contributed by atoms with E-state index in [-0.39, 0.29) is 19.1 Å². The standard InChI is InChI=1S/C66H125N2O6P/c1-6-8-10-12-14-16-18-20-22-24-26-28-30-32-33-34-36-37-39-41-43-45-47-49-51-53-55-57-59-65(69)64(63-74-75(71,72)73-62-61-68(3,4)5)67-66(70)60-58-56-54-52-50-48-46-44-42-40-38-35-31-29-27-25-23-21-19-17-15-13-11-9-7-2/h19,21,25,27,31,35,49,51,57,59,64-65,69H,6-18,20,22-24,26,28-30,32-34,36-48,50,52-56,58,60-63H2,1-5H3,(H-,67,70,71,72)/p+1/b21-19-,27-25-,35-31-,51-49+,59-57+. The molecule has 0 aliphatic carbocycles. The number of amides is 1. The molecule has 1 amide bonds. The normalized spacial score (nSPS) is 14.2. The molecule has 0 rings (SSSR count). The van der Waals surface area contributed by atoms with Crippen molar-refractivity contribution in [2.24, 2.45) is 0 Å². The van der Waals surface area contributed by atoms with Crippen LogP contribution in [0.3, 0.4) is 0 Å². The number of nitrogens with zero attached hydrogens (tertiary/aromatic N) is 1. The molecule has 9 heteroatoms. The van der Waals surface area contributed by atoms with Gasteiger partial charge in [-0.1, -0.05) is 286 Å². The zero-order valence-corrected chi connectivity index (χ0v) is 51.2. The highest BCUT2D eigenvalue weighted by atomic mass is 31.2. The SMILES string of the molecule is CCCCCCC/C=C\C/C=C\C/C=C\CCCCCCCCCCCCC(=O)NC(COP(=O)(O)OCC[N+](C)(C)C)C(O)/C=C/CC/C=C/CCCCCCCCCCCCCCCCCCCCCCCC. The Morgan fingerprint density at radius 1 is 0.453 bits per heavy atom. The summed E-state index contributed by atoms with van der Waals surface area (Å²) in [4.78, 5) is 23.4. The van der Waals surface area contributed by atoms with Crippen molar-refractivity contribution in [3.05, 3.63) is 60.8 Å². The summed E-state index contributed by atoms with van der Waals surface area (Å²) >= 11 is 0. The van der Waals surface area contributed by atoms with Gasteiger partial charge in [0.15, 0.2) is 0 Å². The van der Waals surface area contributed by atoms with Crippen LogP contribution >= 0.6 is 7.82 Å². The van der Waals surface area contributed by atoms with Crippen molar-refractivity contribution in [1.82, 2.24) is 5.32 Å². The molecular weight excluding hydrogens is 948 g/mol. The van der Waals surface area contributed by atoms with Crippen molar-refractivity contribution in [1.29, 1.82) is 0 Å². The van der Waals surface area contributed by atoms with Crippen molar-refractivity contribution in [3.63, 3.8) is 0 Å². The predicted molar refractivity (Wildman–Crippen MR) is 327 cm³/mol. The number of phosphoric ester groups is 1. The maximum Gasteiger partial charge on any atom is 0.472 e. The molecule has 0 radical (unpaired) electrons. The van der Waals surface area contributed by atoms with Crippen LogP contribution in [-0.4, -0.2) is 73.4 Å². The highest BCUT2D eigenvalue weighted by Gasteiger charge is 2.27. The van der Waals surface area contributed by atoms with Crippen molar-refractivity contribution < 1.29 is 32.9 Å². The molecule has 75 heavy (non-hydrogen) atoms. The molecular formula is C66H126N2O6P+. The average Bonchev–Trinajstić information content (AvgIpc) is 3.37. The van der Waals surface area contributed by atoms with Crippen molar-refractivity contribution in [2.45, 2.75) is 315 Å². The fourth-order valence-electron chi connectivity index (χ4n) is 9.42. The molecule has 3 atom stereocenters. The number of nitrogens with one attached hydrogen (secondary N) is 1. The second-order valence-electron chi connectivity index (χ2n) is 23.1. The number of allylic oxidation sites excluding steroid dienone is 9. The lowest BCUT2D eigenvalue weighted by molar-refractivity contribution is -0.870. The van der Waals surface area contributed by atoms with Gasteiger partial charge in [0, 0.05) is 6.42 Å². The van der Waals surface area contributed by atoms with E-state index in [1.807, 2.05) is 27.2 Å². The third-order valence-electron chi connectivity index (χ3n) is 14.5. The van der Waals surface area contributed by atoms with Gasteiger partial charge >= 0.3 is 7.82 Å². The molecule has 0 saturated carbocycles. The van der Waals surface area contributed by atoms with E-state index >= 15 is 0 Å². The van der Waals surface area contributed by atoms with Crippen LogP contribution in [0.25, 0.3) is 0 Å². The molecule has 0 aromatic heterocycles. The summed E-state index contributed by atoms with van der Waals surface area (Å²) in [7, 11) is 1.55. The summed E-state index contributed by atoms with van der Waals surface area (Å²) in [5.41, 5.74) is 0. The maximum absolute atomic E-state index is 13.0. The molecule has 0 aliphatic heterocycles. The molecule has 0 fully saturated rings. The number of hydrogen-bond acceptors (Lipinski definition) is 5. The third kappa shape index (κ3) is 59.7. The zero-order valence-electron chi connectivity index (χ0n) is 50.3. The summed E-state index contributed by atoms with van der Waals surface area (Å²) in [6.07, 6.45) is 77.8. The van der Waals surface area contributed by atoms with Crippen LogP contribution < -0.4 is 5.32 Å². The largest absolute Gasteiger partial charge is 0.472 e. The maximum atomic E-state index is 13.0. The summed E-state index contributed by atoms with van der Waals surface area (Å²) in [6, 6.07) is -0.870. The molecule has 0 saturated heterocycles. The Hall–Kier alpha value is -1.80. The first-order valence-electron chi connectivity index (χ1n) is 32.2. The van der Waals surface area contributed by atoms with Gasteiger partial charge in [0.25, 0.3) is 0 Å². The second kappa shape index (κ2) is 56.9. The van der Waals surface area contributed by atoms with Crippen LogP contribution in [0.4, 0.5) is 0 Å². The molecule has 0 bridgehead atoms. The number of quaternary nitrogens is 1. The van der Waals surface area contributed by atoms with Gasteiger partial charge in [-0.3, -0.25) is 13.8 Å². The van der Waals surface area contributed by atoms with Crippen molar-refractivity contribution in [2.75, 3.05) is 40.9 Å². The summed E-state index contributed by atoms with van der Waals surface area (Å²) in [5.74, 6) is -0.189. The van der Waals surface area contributed by atoms with E-state index in [2.05, 4.69) is 67.8 Å². The van der Waals surface area contributed by atoms with Gasteiger partial charge in [-0.2, -0.15) is 0 Å². The molecule has 0 heterocycles. The molecule has 8 nitrogen and oxygen atoms in total. The number of rotatable bonds is 59. The van der Waals surface area contributed by atoms with E-state index in [9.17, 15) is 19.4 Å².